The highest BCUT2D eigenvalue weighted by molar-refractivity contribution is 6.02. The van der Waals surface area contributed by atoms with Crippen molar-refractivity contribution in [1.82, 2.24) is 4.90 Å². The summed E-state index contributed by atoms with van der Waals surface area (Å²) >= 11 is 0. The molecule has 0 fully saturated rings. The predicted octanol–water partition coefficient (Wildman–Crippen LogP) is 4.56. The van der Waals surface area contributed by atoms with Gasteiger partial charge in [-0.15, -0.1) is 0 Å². The van der Waals surface area contributed by atoms with Gasteiger partial charge in [0.2, 0.25) is 0 Å². The highest BCUT2D eigenvalue weighted by Crippen LogP contribution is 2.26. The van der Waals surface area contributed by atoms with Crippen LogP contribution in [0.25, 0.3) is 0 Å². The molecule has 0 unspecified atom stereocenters. The van der Waals surface area contributed by atoms with Crippen LogP contribution < -0.4 is 4.74 Å². The van der Waals surface area contributed by atoms with E-state index in [-0.39, 0.29) is 5.75 Å². The Bertz CT molecular complexity index is 840. The average Bonchev–Trinajstić information content (AvgIpc) is 2.61. The van der Waals surface area contributed by atoms with E-state index in [9.17, 15) is 4.39 Å². The number of rotatable bonds is 5. The van der Waals surface area contributed by atoms with E-state index in [1.54, 1.807) is 18.2 Å². The van der Waals surface area contributed by atoms with Crippen LogP contribution in [0.5, 0.6) is 5.75 Å². The second kappa shape index (κ2) is 7.34. The number of amidine groups is 1. The first kappa shape index (κ1) is 17.0. The number of methoxy groups -OCH3 is 1. The van der Waals surface area contributed by atoms with Crippen molar-refractivity contribution in [3.05, 3.63) is 89.5 Å². The van der Waals surface area contributed by atoms with Crippen molar-refractivity contribution in [2.45, 2.75) is 13.3 Å². The van der Waals surface area contributed by atoms with E-state index in [2.05, 4.69) is 23.7 Å². The van der Waals surface area contributed by atoms with Gasteiger partial charge in [-0.1, -0.05) is 43.0 Å². The second-order valence-corrected chi connectivity index (χ2v) is 5.92. The normalized spacial score (nSPS) is 14.2. The van der Waals surface area contributed by atoms with Crippen molar-refractivity contribution >= 4 is 5.84 Å². The topological polar surface area (TPSA) is 24.8 Å². The van der Waals surface area contributed by atoms with Gasteiger partial charge >= 0.3 is 0 Å². The third-order valence-electron chi connectivity index (χ3n) is 4.15. The largest absolute Gasteiger partial charge is 0.494 e. The fourth-order valence-corrected chi connectivity index (χ4v) is 2.90. The molecule has 0 saturated carbocycles. The summed E-state index contributed by atoms with van der Waals surface area (Å²) in [5, 5.41) is 0. The van der Waals surface area contributed by atoms with Gasteiger partial charge in [0.1, 0.15) is 5.84 Å². The first-order valence-corrected chi connectivity index (χ1v) is 8.20. The van der Waals surface area contributed by atoms with Crippen molar-refractivity contribution in [2.24, 2.45) is 4.99 Å². The Labute approximate surface area is 147 Å². The number of hydrogen-bond donors (Lipinski definition) is 0. The molecule has 2 aromatic carbocycles. The predicted molar refractivity (Wildman–Crippen MR) is 99.2 cm³/mol. The van der Waals surface area contributed by atoms with Gasteiger partial charge < -0.3 is 9.64 Å². The zero-order valence-corrected chi connectivity index (χ0v) is 14.5. The van der Waals surface area contributed by atoms with Crippen molar-refractivity contribution in [2.75, 3.05) is 13.7 Å². The van der Waals surface area contributed by atoms with Gasteiger partial charge in [-0.25, -0.2) is 9.38 Å². The van der Waals surface area contributed by atoms with Crippen LogP contribution in [0.3, 0.4) is 0 Å². The first-order chi connectivity index (χ1) is 12.1. The second-order valence-electron chi connectivity index (χ2n) is 5.92. The highest BCUT2D eigenvalue weighted by atomic mass is 19.1. The summed E-state index contributed by atoms with van der Waals surface area (Å²) < 4.78 is 19.9. The molecule has 0 radical (unpaired) electrons. The maximum absolute atomic E-state index is 14.8. The number of ether oxygens (including phenoxy) is 1. The number of aliphatic imine (C=N–C) groups is 1. The Morgan fingerprint density at radius 2 is 1.88 bits per heavy atom. The molecule has 1 heterocycles. The van der Waals surface area contributed by atoms with Crippen LogP contribution in [0.1, 0.15) is 18.1 Å². The van der Waals surface area contributed by atoms with Crippen LogP contribution in [0, 0.1) is 5.82 Å². The zero-order valence-electron chi connectivity index (χ0n) is 14.5. The molecule has 0 aromatic heterocycles. The molecule has 0 atom stereocenters. The SMILES string of the molecule is C=C1C=C(C)N=C(c2cccc(OC)c2F)N1CCc1ccccc1. The molecule has 4 heteroatoms. The summed E-state index contributed by atoms with van der Waals surface area (Å²) in [4.78, 5) is 6.54. The third kappa shape index (κ3) is 3.63. The number of halogens is 1. The van der Waals surface area contributed by atoms with E-state index in [0.29, 0.717) is 17.9 Å². The van der Waals surface area contributed by atoms with E-state index >= 15 is 0 Å². The third-order valence-corrected chi connectivity index (χ3v) is 4.15. The summed E-state index contributed by atoms with van der Waals surface area (Å²) in [6.07, 6.45) is 2.73. The zero-order chi connectivity index (χ0) is 17.8. The molecule has 0 saturated heterocycles. The fraction of sp³-hybridized carbons (Fsp3) is 0.190. The standard InChI is InChI=1S/C21H21FN2O/c1-15-14-16(2)24(13-12-17-8-5-4-6-9-17)21(23-15)18-10-7-11-19(25-3)20(18)22/h4-11,14H,2,12-13H2,1,3H3. The first-order valence-electron chi connectivity index (χ1n) is 8.20. The van der Waals surface area contributed by atoms with Crippen LogP contribution in [0.2, 0.25) is 0 Å². The minimum atomic E-state index is -0.407. The van der Waals surface area contributed by atoms with Gasteiger partial charge in [0.25, 0.3) is 0 Å². The van der Waals surface area contributed by atoms with Crippen LogP contribution >= 0.6 is 0 Å². The van der Waals surface area contributed by atoms with Crippen molar-refractivity contribution in [3.8, 4) is 5.75 Å². The van der Waals surface area contributed by atoms with Crippen molar-refractivity contribution in [1.29, 1.82) is 0 Å². The van der Waals surface area contributed by atoms with E-state index < -0.39 is 5.82 Å². The Morgan fingerprint density at radius 3 is 2.60 bits per heavy atom. The lowest BCUT2D eigenvalue weighted by Gasteiger charge is -2.30. The van der Waals surface area contributed by atoms with Crippen LogP contribution in [-0.2, 0) is 6.42 Å². The van der Waals surface area contributed by atoms with E-state index in [0.717, 1.165) is 17.8 Å². The molecule has 0 aliphatic carbocycles. The lowest BCUT2D eigenvalue weighted by molar-refractivity contribution is 0.385. The molecular weight excluding hydrogens is 315 g/mol. The Hall–Kier alpha value is -2.88. The number of benzene rings is 2. The summed E-state index contributed by atoms with van der Waals surface area (Å²) in [6.45, 7) is 6.68. The molecule has 0 amide bonds. The highest BCUT2D eigenvalue weighted by Gasteiger charge is 2.23. The Balaban J connectivity index is 1.93. The van der Waals surface area contributed by atoms with Gasteiger partial charge in [0.05, 0.1) is 12.7 Å². The van der Waals surface area contributed by atoms with E-state index in [1.165, 1.54) is 12.7 Å². The van der Waals surface area contributed by atoms with Crippen LogP contribution in [0.4, 0.5) is 4.39 Å². The molecular formula is C21H21FN2O. The average molecular weight is 336 g/mol. The Kier molecular flexibility index (Phi) is 4.98. The molecule has 2 aromatic rings. The molecule has 3 nitrogen and oxygen atoms in total. The quantitative estimate of drug-likeness (QED) is 0.800. The Morgan fingerprint density at radius 1 is 1.12 bits per heavy atom. The smallest absolute Gasteiger partial charge is 0.175 e. The minimum absolute atomic E-state index is 0.209. The molecule has 1 aliphatic heterocycles. The summed E-state index contributed by atoms with van der Waals surface area (Å²) in [5.74, 6) is 0.370. The lowest BCUT2D eigenvalue weighted by Crippen LogP contribution is -2.34. The summed E-state index contributed by atoms with van der Waals surface area (Å²) in [5.41, 5.74) is 3.24. The molecule has 128 valence electrons. The van der Waals surface area contributed by atoms with Crippen molar-refractivity contribution < 1.29 is 9.13 Å². The van der Waals surface area contributed by atoms with Gasteiger partial charge in [0.15, 0.2) is 11.6 Å². The molecule has 25 heavy (non-hydrogen) atoms. The van der Waals surface area contributed by atoms with E-state index in [1.807, 2.05) is 36.1 Å². The number of allylic oxidation sites excluding steroid dienone is 2. The molecule has 3 rings (SSSR count). The molecule has 0 bridgehead atoms. The molecule has 0 spiro atoms. The van der Waals surface area contributed by atoms with Crippen LogP contribution in [-0.4, -0.2) is 24.4 Å². The fourth-order valence-electron chi connectivity index (χ4n) is 2.90. The lowest BCUT2D eigenvalue weighted by atomic mass is 10.1. The molecule has 0 N–H and O–H groups in total. The van der Waals surface area contributed by atoms with Crippen LogP contribution in [0.15, 0.2) is 77.6 Å². The van der Waals surface area contributed by atoms with E-state index in [4.69, 9.17) is 4.74 Å². The van der Waals surface area contributed by atoms with Gasteiger partial charge in [-0.3, -0.25) is 0 Å². The van der Waals surface area contributed by atoms with Crippen molar-refractivity contribution in [3.63, 3.8) is 0 Å². The summed E-state index contributed by atoms with van der Waals surface area (Å²) in [7, 11) is 1.46. The summed E-state index contributed by atoms with van der Waals surface area (Å²) in [6, 6.07) is 15.3. The maximum Gasteiger partial charge on any atom is 0.175 e. The van der Waals surface area contributed by atoms with Gasteiger partial charge in [-0.05, 0) is 37.1 Å². The monoisotopic (exact) mass is 336 g/mol. The van der Waals surface area contributed by atoms with Gasteiger partial charge in [0, 0.05) is 17.9 Å². The van der Waals surface area contributed by atoms with Gasteiger partial charge in [-0.2, -0.15) is 0 Å². The molecule has 1 aliphatic rings. The maximum atomic E-state index is 14.8. The number of hydrogen-bond acceptors (Lipinski definition) is 3. The minimum Gasteiger partial charge on any atom is -0.494 e. The number of nitrogens with zero attached hydrogens (tertiary/aromatic N) is 2.